The highest BCUT2D eigenvalue weighted by Crippen LogP contribution is 2.12. The van der Waals surface area contributed by atoms with Crippen molar-refractivity contribution in [3.05, 3.63) is 29.8 Å². The summed E-state index contributed by atoms with van der Waals surface area (Å²) in [5, 5.41) is 9.76. The molecule has 0 atom stereocenters. The number of likely N-dealkylation sites (N-methyl/N-ethyl adjacent to an activating group) is 1. The summed E-state index contributed by atoms with van der Waals surface area (Å²) in [4.78, 5) is 21.6. The number of hydrogen-bond acceptors (Lipinski definition) is 5. The summed E-state index contributed by atoms with van der Waals surface area (Å²) in [7, 11) is 3.11. The summed E-state index contributed by atoms with van der Waals surface area (Å²) in [6, 6.07) is 7.21. The number of carbonyl (C=O) groups is 2. The van der Waals surface area contributed by atoms with Gasteiger partial charge in [0.1, 0.15) is 12.3 Å². The normalized spacial score (nSPS) is 10.3. The first kappa shape index (κ1) is 15.4. The van der Waals surface area contributed by atoms with E-state index in [4.69, 9.17) is 10.5 Å². The molecular formula is C12H17N5O3. The monoisotopic (exact) mass is 279 g/mol. The maximum Gasteiger partial charge on any atom is 0.238 e. The lowest BCUT2D eigenvalue weighted by Crippen LogP contribution is -2.27. The van der Waals surface area contributed by atoms with Gasteiger partial charge in [-0.15, -0.1) is 0 Å². The molecule has 0 saturated heterocycles. The van der Waals surface area contributed by atoms with Gasteiger partial charge in [-0.3, -0.25) is 14.6 Å². The van der Waals surface area contributed by atoms with Crippen LogP contribution >= 0.6 is 0 Å². The maximum absolute atomic E-state index is 10.9. The van der Waals surface area contributed by atoms with Crippen molar-refractivity contribution in [2.24, 2.45) is 16.2 Å². The predicted molar refractivity (Wildman–Crippen MR) is 71.3 cm³/mol. The van der Waals surface area contributed by atoms with E-state index in [0.29, 0.717) is 6.41 Å². The van der Waals surface area contributed by atoms with Gasteiger partial charge in [0.2, 0.25) is 12.3 Å². The Labute approximate surface area is 116 Å². The van der Waals surface area contributed by atoms with E-state index in [0.717, 1.165) is 16.3 Å². The molecule has 0 aromatic heterocycles. The second-order valence-corrected chi connectivity index (χ2v) is 4.01. The zero-order valence-electron chi connectivity index (χ0n) is 11.4. The molecule has 0 fully saturated rings. The van der Waals surface area contributed by atoms with E-state index in [1.807, 2.05) is 12.1 Å². The van der Waals surface area contributed by atoms with Gasteiger partial charge in [-0.25, -0.2) is 5.01 Å². The minimum absolute atomic E-state index is 0.0707. The molecule has 0 heterocycles. The maximum atomic E-state index is 10.9. The summed E-state index contributed by atoms with van der Waals surface area (Å²) in [6.45, 7) is 0.195. The van der Waals surface area contributed by atoms with Crippen LogP contribution in [-0.4, -0.2) is 43.0 Å². The Hall–Kier alpha value is -2.64. The smallest absolute Gasteiger partial charge is 0.238 e. The van der Waals surface area contributed by atoms with Gasteiger partial charge in [0.15, 0.2) is 0 Å². The summed E-state index contributed by atoms with van der Waals surface area (Å²) < 4.78 is 5.04. The number of carbonyl (C=O) groups excluding carboxylic acids is 2. The molecule has 2 N–H and O–H groups in total. The van der Waals surface area contributed by atoms with E-state index in [-0.39, 0.29) is 13.1 Å². The van der Waals surface area contributed by atoms with Crippen LogP contribution in [0.2, 0.25) is 0 Å². The van der Waals surface area contributed by atoms with Crippen LogP contribution in [0, 0.1) is 0 Å². The van der Waals surface area contributed by atoms with Crippen LogP contribution in [-0.2, 0) is 16.1 Å². The van der Waals surface area contributed by atoms with Gasteiger partial charge in [0, 0.05) is 7.05 Å². The lowest BCUT2D eigenvalue weighted by atomic mass is 10.2. The first-order valence-corrected chi connectivity index (χ1v) is 5.81. The Kier molecular flexibility index (Phi) is 5.95. The minimum Gasteiger partial charge on any atom is -0.497 e. The van der Waals surface area contributed by atoms with Gasteiger partial charge in [-0.1, -0.05) is 17.4 Å². The molecule has 0 unspecified atom stereocenters. The van der Waals surface area contributed by atoms with Crippen molar-refractivity contribution in [2.45, 2.75) is 6.54 Å². The van der Waals surface area contributed by atoms with E-state index in [9.17, 15) is 9.59 Å². The molecule has 0 aliphatic carbocycles. The van der Waals surface area contributed by atoms with E-state index >= 15 is 0 Å². The van der Waals surface area contributed by atoms with E-state index in [2.05, 4.69) is 10.4 Å². The van der Waals surface area contributed by atoms with Gasteiger partial charge in [-0.05, 0) is 22.9 Å². The van der Waals surface area contributed by atoms with Crippen LogP contribution in [0.1, 0.15) is 5.56 Å². The summed E-state index contributed by atoms with van der Waals surface area (Å²) in [5.74, 6) is 0.202. The summed E-state index contributed by atoms with van der Waals surface area (Å²) in [5.41, 5.74) is 5.88. The molecular weight excluding hydrogens is 262 g/mol. The van der Waals surface area contributed by atoms with Crippen molar-refractivity contribution in [1.82, 2.24) is 10.0 Å². The molecule has 0 aliphatic heterocycles. The first-order chi connectivity index (χ1) is 9.55. The number of amides is 2. The predicted octanol–water partition coefficient (Wildman–Crippen LogP) is 0.353. The molecule has 8 nitrogen and oxygen atoms in total. The largest absolute Gasteiger partial charge is 0.497 e. The fraction of sp³-hybridized carbons (Fsp3) is 0.333. The second kappa shape index (κ2) is 7.72. The van der Waals surface area contributed by atoms with Crippen molar-refractivity contribution in [3.8, 4) is 5.75 Å². The molecule has 1 aromatic carbocycles. The molecule has 0 saturated carbocycles. The van der Waals surface area contributed by atoms with Crippen molar-refractivity contribution in [2.75, 3.05) is 20.7 Å². The third kappa shape index (κ3) is 5.34. The number of rotatable bonds is 8. The number of nitrogens with two attached hydrogens (primary N) is 1. The second-order valence-electron chi connectivity index (χ2n) is 4.01. The summed E-state index contributed by atoms with van der Waals surface area (Å²) in [6.07, 6.45) is 0.547. The zero-order chi connectivity index (χ0) is 15.0. The van der Waals surface area contributed by atoms with E-state index < -0.39 is 5.91 Å². The van der Waals surface area contributed by atoms with Gasteiger partial charge in [-0.2, -0.15) is 0 Å². The SMILES string of the molecule is COc1ccc(CN(C=O)/N=N\N(C)CC(N)=O)cc1. The van der Waals surface area contributed by atoms with Crippen LogP contribution < -0.4 is 10.5 Å². The topological polar surface area (TPSA) is 101 Å². The highest BCUT2D eigenvalue weighted by atomic mass is 16.5. The molecule has 1 rings (SSSR count). The molecule has 0 spiro atoms. The fourth-order valence-electron chi connectivity index (χ4n) is 1.38. The van der Waals surface area contributed by atoms with Gasteiger partial charge in [0.25, 0.3) is 0 Å². The zero-order valence-corrected chi connectivity index (χ0v) is 11.4. The average Bonchev–Trinajstić information content (AvgIpc) is 2.43. The standard InChI is InChI=1S/C12H17N5O3/c1-16(8-12(13)19)14-15-17(9-18)7-10-3-5-11(20-2)6-4-10/h3-6,9H,7-8H2,1-2H3,(H2,13,19)/b15-14-. The third-order valence-corrected chi connectivity index (χ3v) is 2.32. The van der Waals surface area contributed by atoms with Crippen LogP contribution in [0.25, 0.3) is 0 Å². The molecule has 20 heavy (non-hydrogen) atoms. The highest BCUT2D eigenvalue weighted by Gasteiger charge is 2.04. The Bertz CT molecular complexity index is 474. The van der Waals surface area contributed by atoms with Gasteiger partial charge < -0.3 is 10.5 Å². The van der Waals surface area contributed by atoms with Crippen LogP contribution in [0.15, 0.2) is 34.7 Å². The number of nitrogens with zero attached hydrogens (tertiary/aromatic N) is 4. The van der Waals surface area contributed by atoms with Gasteiger partial charge >= 0.3 is 0 Å². The molecule has 0 bridgehead atoms. The Balaban J connectivity index is 2.59. The van der Waals surface area contributed by atoms with Crippen molar-refractivity contribution >= 4 is 12.3 Å². The molecule has 8 heteroatoms. The molecule has 1 aromatic rings. The number of methoxy groups -OCH3 is 1. The third-order valence-electron chi connectivity index (χ3n) is 2.32. The van der Waals surface area contributed by atoms with Gasteiger partial charge in [0.05, 0.1) is 13.7 Å². The Morgan fingerprint density at radius 2 is 2.00 bits per heavy atom. The number of primary amides is 1. The van der Waals surface area contributed by atoms with Crippen molar-refractivity contribution < 1.29 is 14.3 Å². The number of benzene rings is 1. The first-order valence-electron chi connectivity index (χ1n) is 5.81. The Morgan fingerprint density at radius 1 is 1.35 bits per heavy atom. The van der Waals surface area contributed by atoms with Crippen molar-refractivity contribution in [1.29, 1.82) is 0 Å². The molecule has 2 amide bonds. The van der Waals surface area contributed by atoms with Crippen LogP contribution in [0.5, 0.6) is 5.75 Å². The fourth-order valence-corrected chi connectivity index (χ4v) is 1.38. The lowest BCUT2D eigenvalue weighted by molar-refractivity contribution is -0.119. The van der Waals surface area contributed by atoms with E-state index in [1.165, 1.54) is 12.1 Å². The Morgan fingerprint density at radius 3 is 2.50 bits per heavy atom. The minimum atomic E-state index is -0.528. The highest BCUT2D eigenvalue weighted by molar-refractivity contribution is 5.75. The van der Waals surface area contributed by atoms with Crippen molar-refractivity contribution in [3.63, 3.8) is 0 Å². The van der Waals surface area contributed by atoms with Crippen LogP contribution in [0.4, 0.5) is 0 Å². The number of hydrogen-bond donors (Lipinski definition) is 1. The number of ether oxygens (including phenoxy) is 1. The molecule has 0 radical (unpaired) electrons. The average molecular weight is 279 g/mol. The quantitative estimate of drug-likeness (QED) is 0.421. The lowest BCUT2D eigenvalue weighted by Gasteiger charge is -2.12. The molecule has 0 aliphatic rings. The molecule has 108 valence electrons. The summed E-state index contributed by atoms with van der Waals surface area (Å²) >= 11 is 0. The van der Waals surface area contributed by atoms with E-state index in [1.54, 1.807) is 19.2 Å². The van der Waals surface area contributed by atoms with Crippen LogP contribution in [0.3, 0.4) is 0 Å².